The summed E-state index contributed by atoms with van der Waals surface area (Å²) in [6.45, 7) is 1.01. The van der Waals surface area contributed by atoms with E-state index >= 15 is 0 Å². The van der Waals surface area contributed by atoms with Crippen molar-refractivity contribution in [3.63, 3.8) is 0 Å². The fraction of sp³-hybridized carbons (Fsp3) is 0.316. The molecule has 2 aromatic rings. The maximum Gasteiger partial charge on any atom is 0.325 e. The van der Waals surface area contributed by atoms with Crippen LogP contribution in [0.3, 0.4) is 0 Å². The van der Waals surface area contributed by atoms with Crippen molar-refractivity contribution in [1.29, 1.82) is 0 Å². The molecular weight excluding hydrogens is 371 g/mol. The lowest BCUT2D eigenvalue weighted by molar-refractivity contribution is -0.143. The van der Waals surface area contributed by atoms with E-state index in [-0.39, 0.29) is 30.1 Å². The van der Waals surface area contributed by atoms with Crippen LogP contribution < -0.4 is 0 Å². The molecule has 1 fully saturated rings. The molecular formula is C19H21FN2O4S. The van der Waals surface area contributed by atoms with Gasteiger partial charge in [0.2, 0.25) is 10.0 Å². The topological polar surface area (TPSA) is 77.9 Å². The molecule has 0 amide bonds. The number of carboxylic acids is 1. The lowest BCUT2D eigenvalue weighted by Crippen LogP contribution is -2.39. The van der Waals surface area contributed by atoms with Gasteiger partial charge in [-0.3, -0.25) is 9.69 Å². The van der Waals surface area contributed by atoms with Crippen LogP contribution in [0.15, 0.2) is 59.5 Å². The van der Waals surface area contributed by atoms with Crippen molar-refractivity contribution < 1.29 is 22.7 Å². The van der Waals surface area contributed by atoms with E-state index in [1.165, 1.54) is 34.6 Å². The van der Waals surface area contributed by atoms with Crippen LogP contribution in [0.2, 0.25) is 0 Å². The molecule has 0 bridgehead atoms. The molecule has 0 aliphatic carbocycles. The largest absolute Gasteiger partial charge is 0.480 e. The molecule has 3 rings (SSSR count). The third-order valence-electron chi connectivity index (χ3n) is 4.67. The van der Waals surface area contributed by atoms with Crippen LogP contribution in [0.4, 0.5) is 4.39 Å². The van der Waals surface area contributed by atoms with Crippen molar-refractivity contribution in [3.8, 4) is 0 Å². The second-order valence-corrected chi connectivity index (χ2v) is 8.31. The summed E-state index contributed by atoms with van der Waals surface area (Å²) in [5, 5.41) is 9.66. The van der Waals surface area contributed by atoms with Crippen molar-refractivity contribution >= 4 is 16.0 Å². The summed E-state index contributed by atoms with van der Waals surface area (Å²) < 4.78 is 41.1. The zero-order chi connectivity index (χ0) is 19.4. The fourth-order valence-electron chi connectivity index (χ4n) is 3.34. The minimum atomic E-state index is -3.64. The van der Waals surface area contributed by atoms with Crippen molar-refractivity contribution in [2.75, 3.05) is 26.2 Å². The number of rotatable bonds is 5. The predicted octanol–water partition coefficient (Wildman–Crippen LogP) is 2.35. The molecule has 1 heterocycles. The lowest BCUT2D eigenvalue weighted by Gasteiger charge is -2.28. The Morgan fingerprint density at radius 1 is 0.963 bits per heavy atom. The van der Waals surface area contributed by atoms with E-state index in [0.29, 0.717) is 13.0 Å². The monoisotopic (exact) mass is 392 g/mol. The highest BCUT2D eigenvalue weighted by molar-refractivity contribution is 7.89. The first-order valence-electron chi connectivity index (χ1n) is 8.68. The Morgan fingerprint density at radius 3 is 2.30 bits per heavy atom. The molecule has 1 aliphatic rings. The fourth-order valence-corrected chi connectivity index (χ4v) is 4.83. The number of hydrogen-bond acceptors (Lipinski definition) is 4. The van der Waals surface area contributed by atoms with Crippen LogP contribution in [0, 0.1) is 5.82 Å². The van der Waals surface area contributed by atoms with Crippen LogP contribution in [0.1, 0.15) is 18.0 Å². The van der Waals surface area contributed by atoms with E-state index in [4.69, 9.17) is 0 Å². The Morgan fingerprint density at radius 2 is 1.63 bits per heavy atom. The second kappa shape index (κ2) is 8.16. The van der Waals surface area contributed by atoms with Gasteiger partial charge in [-0.1, -0.05) is 36.4 Å². The molecule has 2 aromatic carbocycles. The van der Waals surface area contributed by atoms with Gasteiger partial charge in [-0.15, -0.1) is 0 Å². The number of sulfonamides is 1. The van der Waals surface area contributed by atoms with E-state index < -0.39 is 27.9 Å². The minimum absolute atomic E-state index is 0.0874. The van der Waals surface area contributed by atoms with Gasteiger partial charge in [-0.2, -0.15) is 4.31 Å². The van der Waals surface area contributed by atoms with Crippen molar-refractivity contribution in [2.24, 2.45) is 0 Å². The summed E-state index contributed by atoms with van der Waals surface area (Å²) >= 11 is 0. The third-order valence-corrected chi connectivity index (χ3v) is 6.58. The zero-order valence-electron chi connectivity index (χ0n) is 14.7. The average molecular weight is 392 g/mol. The summed E-state index contributed by atoms with van der Waals surface area (Å²) in [6, 6.07) is 12.8. The Bertz CT molecular complexity index is 905. The van der Waals surface area contributed by atoms with E-state index in [1.807, 2.05) is 0 Å². The molecule has 1 N–H and O–H groups in total. The van der Waals surface area contributed by atoms with Crippen molar-refractivity contribution in [1.82, 2.24) is 9.21 Å². The van der Waals surface area contributed by atoms with Gasteiger partial charge in [-0.25, -0.2) is 12.8 Å². The van der Waals surface area contributed by atoms with Gasteiger partial charge in [0.15, 0.2) is 0 Å². The SMILES string of the molecule is O=C(O)C(c1ccccc1F)N1CCCN(S(=O)(=O)c2ccccc2)CC1. The van der Waals surface area contributed by atoms with Crippen LogP contribution >= 0.6 is 0 Å². The molecule has 1 unspecified atom stereocenters. The van der Waals surface area contributed by atoms with Gasteiger partial charge in [0, 0.05) is 31.7 Å². The Kier molecular flexibility index (Phi) is 5.88. The highest BCUT2D eigenvalue weighted by atomic mass is 32.2. The predicted molar refractivity (Wildman–Crippen MR) is 98.2 cm³/mol. The number of nitrogens with zero attached hydrogens (tertiary/aromatic N) is 2. The summed E-state index contributed by atoms with van der Waals surface area (Å²) in [5.41, 5.74) is 0.0874. The van der Waals surface area contributed by atoms with Crippen LogP contribution in [0.25, 0.3) is 0 Å². The van der Waals surface area contributed by atoms with E-state index in [9.17, 15) is 22.7 Å². The van der Waals surface area contributed by atoms with E-state index in [1.54, 1.807) is 29.2 Å². The maximum atomic E-state index is 14.1. The van der Waals surface area contributed by atoms with Gasteiger partial charge >= 0.3 is 5.97 Å². The molecule has 8 heteroatoms. The first kappa shape index (κ1) is 19.5. The van der Waals surface area contributed by atoms with E-state index in [2.05, 4.69) is 0 Å². The maximum absolute atomic E-state index is 14.1. The van der Waals surface area contributed by atoms with Crippen molar-refractivity contribution in [3.05, 3.63) is 66.0 Å². The standard InChI is InChI=1S/C19H21FN2O4S/c20-17-10-5-4-9-16(17)18(19(23)24)21-11-6-12-22(14-13-21)27(25,26)15-7-2-1-3-8-15/h1-5,7-10,18H,6,11-14H2,(H,23,24). The van der Waals surface area contributed by atoms with Gasteiger partial charge in [0.05, 0.1) is 4.90 Å². The first-order valence-corrected chi connectivity index (χ1v) is 10.1. The number of halogens is 1. The van der Waals surface area contributed by atoms with Gasteiger partial charge in [0.25, 0.3) is 0 Å². The van der Waals surface area contributed by atoms with Gasteiger partial charge in [-0.05, 0) is 24.6 Å². The molecule has 1 saturated heterocycles. The zero-order valence-corrected chi connectivity index (χ0v) is 15.5. The normalized spacial score (nSPS) is 18.0. The third kappa shape index (κ3) is 4.18. The smallest absolute Gasteiger partial charge is 0.325 e. The highest BCUT2D eigenvalue weighted by Crippen LogP contribution is 2.26. The number of carboxylic acid groups (broad SMARTS) is 1. The minimum Gasteiger partial charge on any atom is -0.480 e. The molecule has 144 valence electrons. The number of carbonyl (C=O) groups is 1. The van der Waals surface area contributed by atoms with Gasteiger partial charge < -0.3 is 5.11 Å². The Labute approximate surface area is 157 Å². The Balaban J connectivity index is 1.81. The number of hydrogen-bond donors (Lipinski definition) is 1. The molecule has 1 aliphatic heterocycles. The summed E-state index contributed by atoms with van der Waals surface area (Å²) in [5.74, 6) is -1.73. The molecule has 6 nitrogen and oxygen atoms in total. The van der Waals surface area contributed by atoms with Gasteiger partial charge in [0.1, 0.15) is 11.9 Å². The molecule has 0 aromatic heterocycles. The van der Waals surface area contributed by atoms with Crippen LogP contribution in [-0.2, 0) is 14.8 Å². The van der Waals surface area contributed by atoms with Crippen molar-refractivity contribution in [2.45, 2.75) is 17.4 Å². The molecule has 0 radical (unpaired) electrons. The lowest BCUT2D eigenvalue weighted by atomic mass is 10.0. The molecule has 0 spiro atoms. The second-order valence-electron chi connectivity index (χ2n) is 6.37. The highest BCUT2D eigenvalue weighted by Gasteiger charge is 2.33. The summed E-state index contributed by atoms with van der Waals surface area (Å²) in [6.07, 6.45) is 0.463. The number of aliphatic carboxylic acids is 1. The average Bonchev–Trinajstić information content (AvgIpc) is 2.91. The summed E-state index contributed by atoms with van der Waals surface area (Å²) in [4.78, 5) is 13.7. The molecule has 1 atom stereocenters. The van der Waals surface area contributed by atoms with E-state index in [0.717, 1.165) is 0 Å². The van der Waals surface area contributed by atoms with Crippen LogP contribution in [0.5, 0.6) is 0 Å². The molecule has 27 heavy (non-hydrogen) atoms. The summed E-state index contributed by atoms with van der Waals surface area (Å²) in [7, 11) is -3.64. The quantitative estimate of drug-likeness (QED) is 0.845. The van der Waals surface area contributed by atoms with Crippen LogP contribution in [-0.4, -0.2) is 54.9 Å². The number of benzene rings is 2. The molecule has 0 saturated carbocycles. The first-order chi connectivity index (χ1) is 12.9. The Hall–Kier alpha value is -2.29.